The minimum atomic E-state index is -0.440. The first-order valence-corrected chi connectivity index (χ1v) is 11.9. The molecule has 1 aliphatic carbocycles. The predicted molar refractivity (Wildman–Crippen MR) is 125 cm³/mol. The third-order valence-electron chi connectivity index (χ3n) is 7.48. The number of amides is 2. The van der Waals surface area contributed by atoms with Gasteiger partial charge in [-0.25, -0.2) is 0 Å². The Bertz CT molecular complexity index is 1070. The van der Waals surface area contributed by atoms with Crippen LogP contribution in [0.2, 0.25) is 0 Å². The molecule has 0 saturated heterocycles. The van der Waals surface area contributed by atoms with Gasteiger partial charge in [-0.2, -0.15) is 0 Å². The molecule has 2 aliphatic heterocycles. The third kappa shape index (κ3) is 4.19. The van der Waals surface area contributed by atoms with Gasteiger partial charge in [-0.05, 0) is 62.4 Å². The van der Waals surface area contributed by atoms with Crippen molar-refractivity contribution >= 4 is 11.8 Å². The number of hydrogen-bond acceptors (Lipinski definition) is 4. The average Bonchev–Trinajstić information content (AvgIpc) is 3.10. The number of benzene rings is 2. The fourth-order valence-corrected chi connectivity index (χ4v) is 5.52. The van der Waals surface area contributed by atoms with E-state index in [-0.39, 0.29) is 24.0 Å². The molecule has 3 aliphatic rings. The molecule has 0 aromatic heterocycles. The van der Waals surface area contributed by atoms with Crippen molar-refractivity contribution in [1.82, 2.24) is 9.80 Å². The van der Waals surface area contributed by atoms with Gasteiger partial charge in [0.15, 0.2) is 0 Å². The van der Waals surface area contributed by atoms with E-state index in [9.17, 15) is 9.59 Å². The Hall–Kier alpha value is -3.02. The highest BCUT2D eigenvalue weighted by molar-refractivity contribution is 5.95. The van der Waals surface area contributed by atoms with E-state index >= 15 is 0 Å². The molecule has 2 aromatic rings. The molecule has 174 valence electrons. The molecule has 33 heavy (non-hydrogen) atoms. The molecule has 0 N–H and O–H groups in total. The first kappa shape index (κ1) is 21.8. The summed E-state index contributed by atoms with van der Waals surface area (Å²) in [4.78, 5) is 29.4. The maximum Gasteiger partial charge on any atom is 0.254 e. The fraction of sp³-hybridized carbons (Fsp3) is 0.481. The Labute approximate surface area is 195 Å². The Morgan fingerprint density at radius 2 is 1.82 bits per heavy atom. The van der Waals surface area contributed by atoms with Crippen LogP contribution < -0.4 is 9.47 Å². The molecule has 6 nitrogen and oxygen atoms in total. The van der Waals surface area contributed by atoms with Gasteiger partial charge in [0.2, 0.25) is 5.91 Å². The second kappa shape index (κ2) is 8.40. The number of rotatable bonds is 2. The summed E-state index contributed by atoms with van der Waals surface area (Å²) < 4.78 is 12.5. The summed E-state index contributed by atoms with van der Waals surface area (Å²) >= 11 is 0. The Morgan fingerprint density at radius 3 is 2.58 bits per heavy atom. The van der Waals surface area contributed by atoms with E-state index in [2.05, 4.69) is 0 Å². The van der Waals surface area contributed by atoms with Gasteiger partial charge < -0.3 is 19.3 Å². The van der Waals surface area contributed by atoms with Gasteiger partial charge in [-0.3, -0.25) is 9.59 Å². The first-order chi connectivity index (χ1) is 15.8. The number of carbonyl (C=O) groups excluding carboxylic acids is 2. The standard InChI is InChI=1S/C27H32N2O4/c1-18-14-22-15-20(8-9-24(22)32-18)26(31)29-16-21-6-4-5-7-25(21)33-27(17-29)12-10-23(11-13-27)28(3)19(2)30/h4-9,15,18,23H,10-14,16-17H2,1-3H3/t18-,23?,27?/m0/s1. The van der Waals surface area contributed by atoms with Crippen molar-refractivity contribution < 1.29 is 19.1 Å². The second-order valence-corrected chi connectivity index (χ2v) is 9.87. The lowest BCUT2D eigenvalue weighted by atomic mass is 9.81. The minimum absolute atomic E-state index is 0.0278. The number of para-hydroxylation sites is 1. The summed E-state index contributed by atoms with van der Waals surface area (Å²) in [7, 11) is 1.88. The zero-order valence-corrected chi connectivity index (χ0v) is 19.7. The van der Waals surface area contributed by atoms with E-state index in [0.29, 0.717) is 18.7 Å². The molecule has 0 bridgehead atoms. The second-order valence-electron chi connectivity index (χ2n) is 9.87. The van der Waals surface area contributed by atoms with Crippen LogP contribution in [0.5, 0.6) is 11.5 Å². The third-order valence-corrected chi connectivity index (χ3v) is 7.48. The summed E-state index contributed by atoms with van der Waals surface area (Å²) in [5, 5.41) is 0. The van der Waals surface area contributed by atoms with Crippen LogP contribution in [0.3, 0.4) is 0 Å². The van der Waals surface area contributed by atoms with Crippen molar-refractivity contribution in [2.75, 3.05) is 13.6 Å². The molecule has 1 fully saturated rings. The summed E-state index contributed by atoms with van der Waals surface area (Å²) in [6, 6.07) is 14.0. The Balaban J connectivity index is 1.42. The van der Waals surface area contributed by atoms with Crippen LogP contribution in [-0.4, -0.2) is 53.0 Å². The van der Waals surface area contributed by atoms with Gasteiger partial charge in [0.25, 0.3) is 5.91 Å². The van der Waals surface area contributed by atoms with Crippen LogP contribution in [0.1, 0.15) is 61.0 Å². The SMILES string of the molecule is CC(=O)N(C)C1CCC2(CC1)CN(C(=O)c1ccc3c(c1)C[C@H](C)O3)Cc1ccccc1O2. The van der Waals surface area contributed by atoms with Crippen LogP contribution in [-0.2, 0) is 17.8 Å². The maximum absolute atomic E-state index is 13.7. The lowest BCUT2D eigenvalue weighted by Gasteiger charge is -2.43. The Kier molecular flexibility index (Phi) is 5.55. The van der Waals surface area contributed by atoms with Gasteiger partial charge in [-0.1, -0.05) is 18.2 Å². The fourth-order valence-electron chi connectivity index (χ4n) is 5.52. The lowest BCUT2D eigenvalue weighted by molar-refractivity contribution is -0.131. The summed E-state index contributed by atoms with van der Waals surface area (Å²) in [5.41, 5.74) is 2.39. The van der Waals surface area contributed by atoms with E-state index in [1.165, 1.54) is 0 Å². The smallest absolute Gasteiger partial charge is 0.254 e. The summed E-state index contributed by atoms with van der Waals surface area (Å²) in [5.74, 6) is 1.87. The van der Waals surface area contributed by atoms with E-state index in [1.807, 2.05) is 66.2 Å². The molecule has 1 atom stereocenters. The van der Waals surface area contributed by atoms with Crippen molar-refractivity contribution in [3.05, 3.63) is 59.2 Å². The lowest BCUT2D eigenvalue weighted by Crippen LogP contribution is -2.52. The normalized spacial score (nSPS) is 26.0. The monoisotopic (exact) mass is 448 g/mol. The van der Waals surface area contributed by atoms with Crippen LogP contribution >= 0.6 is 0 Å². The number of carbonyl (C=O) groups is 2. The predicted octanol–water partition coefficient (Wildman–Crippen LogP) is 4.20. The molecular weight excluding hydrogens is 416 g/mol. The largest absolute Gasteiger partial charge is 0.490 e. The minimum Gasteiger partial charge on any atom is -0.490 e. The van der Waals surface area contributed by atoms with Gasteiger partial charge >= 0.3 is 0 Å². The van der Waals surface area contributed by atoms with Crippen molar-refractivity contribution in [3.8, 4) is 11.5 Å². The summed E-state index contributed by atoms with van der Waals surface area (Å²) in [6.07, 6.45) is 4.34. The highest BCUT2D eigenvalue weighted by Gasteiger charge is 2.43. The molecule has 1 spiro atoms. The van der Waals surface area contributed by atoms with Gasteiger partial charge in [-0.15, -0.1) is 0 Å². The molecule has 0 unspecified atom stereocenters. The molecule has 2 amide bonds. The molecule has 1 saturated carbocycles. The number of hydrogen-bond donors (Lipinski definition) is 0. The maximum atomic E-state index is 13.7. The zero-order valence-electron chi connectivity index (χ0n) is 19.7. The van der Waals surface area contributed by atoms with E-state index in [4.69, 9.17) is 9.47 Å². The van der Waals surface area contributed by atoms with Crippen LogP contribution in [0, 0.1) is 0 Å². The zero-order chi connectivity index (χ0) is 23.2. The van der Waals surface area contributed by atoms with Crippen molar-refractivity contribution in [1.29, 1.82) is 0 Å². The van der Waals surface area contributed by atoms with Crippen LogP contribution in [0.25, 0.3) is 0 Å². The summed E-state index contributed by atoms with van der Waals surface area (Å²) in [6.45, 7) is 4.73. The molecule has 0 radical (unpaired) electrons. The van der Waals surface area contributed by atoms with Gasteiger partial charge in [0.05, 0.1) is 6.54 Å². The molecule has 2 aromatic carbocycles. The van der Waals surface area contributed by atoms with Gasteiger partial charge in [0, 0.05) is 44.1 Å². The van der Waals surface area contributed by atoms with Crippen LogP contribution in [0.4, 0.5) is 0 Å². The highest BCUT2D eigenvalue weighted by atomic mass is 16.5. The Morgan fingerprint density at radius 1 is 1.06 bits per heavy atom. The van der Waals surface area contributed by atoms with Crippen molar-refractivity contribution in [2.24, 2.45) is 0 Å². The molecular formula is C27H32N2O4. The number of nitrogens with zero attached hydrogens (tertiary/aromatic N) is 2. The van der Waals surface area contributed by atoms with E-state index < -0.39 is 5.60 Å². The highest BCUT2D eigenvalue weighted by Crippen LogP contribution is 2.40. The number of ether oxygens (including phenoxy) is 2. The average molecular weight is 449 g/mol. The van der Waals surface area contributed by atoms with E-state index in [0.717, 1.165) is 54.7 Å². The van der Waals surface area contributed by atoms with Crippen molar-refractivity contribution in [3.63, 3.8) is 0 Å². The van der Waals surface area contributed by atoms with Crippen LogP contribution in [0.15, 0.2) is 42.5 Å². The quantitative estimate of drug-likeness (QED) is 0.691. The number of fused-ring (bicyclic) bond motifs is 2. The molecule has 6 heteroatoms. The van der Waals surface area contributed by atoms with Crippen molar-refractivity contribution in [2.45, 2.75) is 70.2 Å². The van der Waals surface area contributed by atoms with Gasteiger partial charge in [0.1, 0.15) is 23.2 Å². The molecule has 5 rings (SSSR count). The van der Waals surface area contributed by atoms with E-state index in [1.54, 1.807) is 6.92 Å². The first-order valence-electron chi connectivity index (χ1n) is 11.9. The topological polar surface area (TPSA) is 59.1 Å². The molecule has 2 heterocycles.